The number of hydrogen-bond donors (Lipinski definition) is 1. The number of carbonyl (C=O) groups excluding carboxylic acids is 1. The molecule has 0 spiro atoms. The van der Waals surface area contributed by atoms with Gasteiger partial charge in [-0.2, -0.15) is 34.8 Å². The van der Waals surface area contributed by atoms with Crippen LogP contribution in [0.5, 0.6) is 5.75 Å². The van der Waals surface area contributed by atoms with Crippen LogP contribution >= 0.6 is 11.6 Å². The molecule has 5 nitrogen and oxygen atoms in total. The van der Waals surface area contributed by atoms with Gasteiger partial charge < -0.3 is 4.74 Å². The summed E-state index contributed by atoms with van der Waals surface area (Å²) in [6.07, 6.45) is 9.03. The van der Waals surface area contributed by atoms with Gasteiger partial charge in [-0.05, 0) is 62.8 Å². The fourth-order valence-electron chi connectivity index (χ4n) is 3.23. The van der Waals surface area contributed by atoms with Crippen molar-refractivity contribution in [2.24, 2.45) is 4.99 Å². The molecule has 0 saturated heterocycles. The van der Waals surface area contributed by atoms with Gasteiger partial charge in [-0.3, -0.25) is 14.9 Å². The minimum Gasteiger partial charge on any atom is -0.496 e. The van der Waals surface area contributed by atoms with Crippen LogP contribution < -0.4 is 56.1 Å². The molecule has 0 saturated carbocycles. The van der Waals surface area contributed by atoms with Gasteiger partial charge in [-0.1, -0.05) is 49.9 Å². The molecule has 1 heterocycles. The van der Waals surface area contributed by atoms with Crippen LogP contribution in [0.4, 0.5) is 0 Å². The normalized spacial score (nSPS) is 10.9. The van der Waals surface area contributed by atoms with Gasteiger partial charge in [-0.25, -0.2) is 0 Å². The Kier molecular flexibility index (Phi) is 18.0. The number of aliphatic imine (C=N–C) groups is 1. The molecule has 0 unspecified atom stereocenters. The average molecular weight is 536 g/mol. The quantitative estimate of drug-likeness (QED) is 0.199. The standard InChI is InChI=1S/C12H16O2.C10H10ClN2.C7H13N.K/c1-4-5-10-6-7-11(9(2)13)12(8-10)14-3;1-2-3-7-4-5-9-8(10(7)11)6-12-13-9;1-5-6(2)7(3)8-4;/h6-8H,4-5H2,1-3H3;3-6H,2H2,1H3,(H,12,13);5H,1-4H3;/q;-1;;+1/b;;6-5-,8-7?;. The first kappa shape index (κ1) is 34.6. The van der Waals surface area contributed by atoms with Crippen molar-refractivity contribution in [3.05, 3.63) is 76.3 Å². The number of hydrogen-bond acceptors (Lipinski definition) is 4. The first-order valence-corrected chi connectivity index (χ1v) is 12.3. The van der Waals surface area contributed by atoms with Crippen LogP contribution in [0.2, 0.25) is 5.02 Å². The monoisotopic (exact) mass is 535 g/mol. The van der Waals surface area contributed by atoms with Crippen molar-refractivity contribution in [1.82, 2.24) is 10.2 Å². The van der Waals surface area contributed by atoms with Gasteiger partial charge in [-0.15, -0.1) is 0 Å². The van der Waals surface area contributed by atoms with E-state index in [1.165, 1.54) is 11.1 Å². The zero-order chi connectivity index (χ0) is 26.4. The molecule has 0 aliphatic carbocycles. The van der Waals surface area contributed by atoms with Crippen LogP contribution in [0.15, 0.2) is 53.2 Å². The third kappa shape index (κ3) is 10.9. The average Bonchev–Trinajstić information content (AvgIpc) is 3.35. The molecule has 0 amide bonds. The molecule has 190 valence electrons. The number of fused-ring (bicyclic) bond motifs is 1. The number of allylic oxidation sites excluding steroid dienone is 2. The van der Waals surface area contributed by atoms with Gasteiger partial charge in [0.15, 0.2) is 5.78 Å². The number of halogens is 1. The first-order valence-electron chi connectivity index (χ1n) is 11.9. The van der Waals surface area contributed by atoms with E-state index in [0.29, 0.717) is 11.3 Å². The largest absolute Gasteiger partial charge is 1.00 e. The second-order valence-corrected chi connectivity index (χ2v) is 8.41. The molecule has 36 heavy (non-hydrogen) atoms. The number of aryl methyl sites for hydroxylation is 1. The van der Waals surface area contributed by atoms with E-state index >= 15 is 0 Å². The third-order valence-corrected chi connectivity index (χ3v) is 5.96. The topological polar surface area (TPSA) is 67.3 Å². The van der Waals surface area contributed by atoms with Gasteiger partial charge >= 0.3 is 51.4 Å². The number of ether oxygens (including phenoxy) is 1. The molecule has 1 aromatic heterocycles. The zero-order valence-corrected chi connectivity index (χ0v) is 27.2. The maximum absolute atomic E-state index is 11.2. The predicted molar refractivity (Wildman–Crippen MR) is 150 cm³/mol. The summed E-state index contributed by atoms with van der Waals surface area (Å²) in [6, 6.07) is 9.78. The van der Waals surface area contributed by atoms with Gasteiger partial charge in [0.2, 0.25) is 0 Å². The Morgan fingerprint density at radius 1 is 1.19 bits per heavy atom. The summed E-state index contributed by atoms with van der Waals surface area (Å²) in [5.74, 6) is 0.730. The van der Waals surface area contributed by atoms with Crippen LogP contribution in [0.3, 0.4) is 0 Å². The number of aromatic nitrogens is 2. The number of ketones is 1. The Bertz CT molecular complexity index is 1140. The van der Waals surface area contributed by atoms with E-state index in [4.69, 9.17) is 16.3 Å². The molecular weight excluding hydrogens is 497 g/mol. The Morgan fingerprint density at radius 3 is 2.39 bits per heavy atom. The molecule has 0 fully saturated rings. The van der Waals surface area contributed by atoms with E-state index in [1.54, 1.807) is 20.2 Å². The number of aromatic amines is 1. The molecule has 0 aliphatic rings. The molecular formula is C29H39ClKN3O2. The molecule has 0 radical (unpaired) electrons. The first-order chi connectivity index (χ1) is 16.7. The number of Topliss-reactive ketones (excluding diaryl/α,β-unsaturated/α-hetero) is 1. The van der Waals surface area contributed by atoms with Crippen LogP contribution in [0, 0.1) is 6.42 Å². The summed E-state index contributed by atoms with van der Waals surface area (Å²) < 4.78 is 5.17. The Labute approximate surface area is 264 Å². The SMILES string of the molecule is C/C=C(/C)C(C)=NC.CCCc1ccc(C(C)=O)c(OC)c1.CC[CH-]c1ccc2[nH]ncc2c1Cl.[K+]. The Morgan fingerprint density at radius 2 is 1.89 bits per heavy atom. The Balaban J connectivity index is 0.000000523. The van der Waals surface area contributed by atoms with Gasteiger partial charge in [0.25, 0.3) is 0 Å². The zero-order valence-electron chi connectivity index (χ0n) is 23.3. The van der Waals surface area contributed by atoms with E-state index in [9.17, 15) is 4.79 Å². The molecule has 1 N–H and O–H groups in total. The van der Waals surface area contributed by atoms with Crippen molar-refractivity contribution in [3.63, 3.8) is 0 Å². The van der Waals surface area contributed by atoms with Gasteiger partial charge in [0, 0.05) is 24.5 Å². The van der Waals surface area contributed by atoms with Crippen molar-refractivity contribution in [1.29, 1.82) is 0 Å². The summed E-state index contributed by atoms with van der Waals surface area (Å²) in [4.78, 5) is 15.2. The van der Waals surface area contributed by atoms with Crippen LogP contribution in [0.25, 0.3) is 10.9 Å². The van der Waals surface area contributed by atoms with Crippen LogP contribution in [-0.4, -0.2) is 35.8 Å². The number of H-pyrrole nitrogens is 1. The third-order valence-electron chi connectivity index (χ3n) is 5.54. The summed E-state index contributed by atoms with van der Waals surface area (Å²) in [6.45, 7) is 11.9. The van der Waals surface area contributed by atoms with E-state index < -0.39 is 0 Å². The second-order valence-electron chi connectivity index (χ2n) is 8.03. The Hall–Kier alpha value is -1.41. The molecule has 0 aliphatic heterocycles. The molecule has 3 rings (SSSR count). The van der Waals surface area contributed by atoms with Crippen LogP contribution in [0.1, 0.15) is 75.9 Å². The van der Waals surface area contributed by atoms with Gasteiger partial charge in [0.05, 0.1) is 12.7 Å². The van der Waals surface area contributed by atoms with E-state index in [1.807, 2.05) is 51.2 Å². The predicted octanol–water partition coefficient (Wildman–Crippen LogP) is 5.08. The maximum Gasteiger partial charge on any atom is 1.00 e. The van der Waals surface area contributed by atoms with Crippen molar-refractivity contribution >= 4 is 34.0 Å². The number of methoxy groups -OCH3 is 1. The molecule has 7 heteroatoms. The summed E-state index contributed by atoms with van der Waals surface area (Å²) in [7, 11) is 3.40. The number of nitrogens with one attached hydrogen (secondary N) is 1. The van der Waals surface area contributed by atoms with Crippen molar-refractivity contribution in [2.75, 3.05) is 14.2 Å². The molecule has 0 atom stereocenters. The molecule has 3 aromatic rings. The van der Waals surface area contributed by atoms with Crippen molar-refractivity contribution in [2.45, 2.75) is 60.8 Å². The minimum absolute atomic E-state index is 0. The van der Waals surface area contributed by atoms with Crippen molar-refractivity contribution in [3.8, 4) is 5.75 Å². The summed E-state index contributed by atoms with van der Waals surface area (Å²) in [5.41, 5.74) is 6.32. The van der Waals surface area contributed by atoms with Crippen molar-refractivity contribution < 1.29 is 60.9 Å². The number of nitrogens with zero attached hydrogens (tertiary/aromatic N) is 2. The summed E-state index contributed by atoms with van der Waals surface area (Å²) >= 11 is 6.17. The molecule has 2 aromatic carbocycles. The summed E-state index contributed by atoms with van der Waals surface area (Å²) in [5, 5.41) is 8.60. The fourth-order valence-corrected chi connectivity index (χ4v) is 3.52. The molecule has 0 bridgehead atoms. The van der Waals surface area contributed by atoms with Crippen LogP contribution in [-0.2, 0) is 6.42 Å². The van der Waals surface area contributed by atoms with E-state index in [2.05, 4.69) is 48.5 Å². The van der Waals surface area contributed by atoms with E-state index in [-0.39, 0.29) is 57.2 Å². The minimum atomic E-state index is 0. The van der Waals surface area contributed by atoms with Gasteiger partial charge in [0.1, 0.15) is 5.75 Å². The van der Waals surface area contributed by atoms with E-state index in [0.717, 1.165) is 46.5 Å². The smallest absolute Gasteiger partial charge is 0.496 e. The number of benzene rings is 2. The number of rotatable bonds is 7. The fraction of sp³-hybridized carbons (Fsp3) is 0.379. The maximum atomic E-state index is 11.2. The second kappa shape index (κ2) is 18.8. The number of carbonyl (C=O) groups is 1.